The van der Waals surface area contributed by atoms with Crippen LogP contribution in [0.3, 0.4) is 0 Å². The van der Waals surface area contributed by atoms with Crippen molar-refractivity contribution in [1.29, 1.82) is 0 Å². The fourth-order valence-corrected chi connectivity index (χ4v) is 2.30. The highest BCUT2D eigenvalue weighted by atomic mass is 15.2. The third-order valence-electron chi connectivity index (χ3n) is 3.35. The van der Waals surface area contributed by atoms with Crippen molar-refractivity contribution in [3.8, 4) is 0 Å². The van der Waals surface area contributed by atoms with E-state index >= 15 is 0 Å². The molecule has 0 aliphatic carbocycles. The second kappa shape index (κ2) is 4.70. The van der Waals surface area contributed by atoms with Gasteiger partial charge in [0.15, 0.2) is 0 Å². The number of nitrogens with zero attached hydrogens (tertiary/aromatic N) is 3. The van der Waals surface area contributed by atoms with Gasteiger partial charge >= 0.3 is 0 Å². The molecule has 4 heteroatoms. The summed E-state index contributed by atoms with van der Waals surface area (Å²) >= 11 is 0. The second-order valence-electron chi connectivity index (χ2n) is 4.59. The third kappa shape index (κ3) is 2.27. The molecule has 1 fully saturated rings. The van der Waals surface area contributed by atoms with Crippen molar-refractivity contribution < 1.29 is 0 Å². The molecule has 4 nitrogen and oxygen atoms in total. The van der Waals surface area contributed by atoms with Crippen molar-refractivity contribution >= 4 is 11.5 Å². The molecule has 1 saturated heterocycles. The number of hydrogen-bond donors (Lipinski definition) is 1. The molecule has 1 aromatic rings. The van der Waals surface area contributed by atoms with E-state index in [1.54, 1.807) is 6.20 Å². The Hall–Kier alpha value is -1.29. The van der Waals surface area contributed by atoms with E-state index in [9.17, 15) is 0 Å². The molecule has 1 aliphatic rings. The summed E-state index contributed by atoms with van der Waals surface area (Å²) < 4.78 is 0. The molecule has 0 saturated carbocycles. The lowest BCUT2D eigenvalue weighted by Crippen LogP contribution is -2.42. The topological polar surface area (TPSA) is 45.4 Å². The van der Waals surface area contributed by atoms with Gasteiger partial charge in [0.1, 0.15) is 5.82 Å². The largest absolute Gasteiger partial charge is 0.382 e. The summed E-state index contributed by atoms with van der Waals surface area (Å²) in [6.07, 6.45) is 4.13. The summed E-state index contributed by atoms with van der Waals surface area (Å²) in [6.45, 7) is 2.14. The fraction of sp³-hybridized carbons (Fsp3) is 0.583. The molecule has 0 bridgehead atoms. The molecule has 2 rings (SSSR count). The minimum absolute atomic E-state index is 0.644. The van der Waals surface area contributed by atoms with E-state index in [-0.39, 0.29) is 0 Å². The number of piperidine rings is 1. The molecule has 0 spiro atoms. The predicted molar refractivity (Wildman–Crippen MR) is 67.6 cm³/mol. The quantitative estimate of drug-likeness (QED) is 0.813. The number of nitrogen functional groups attached to an aromatic ring is 1. The van der Waals surface area contributed by atoms with E-state index in [1.165, 1.54) is 12.8 Å². The highest BCUT2D eigenvalue weighted by molar-refractivity contribution is 5.63. The molecule has 1 aliphatic heterocycles. The fourth-order valence-electron chi connectivity index (χ4n) is 2.30. The normalized spacial score (nSPS) is 18.1. The molecular formula is C12H20N4. The summed E-state index contributed by atoms with van der Waals surface area (Å²) in [6, 6.07) is 4.70. The predicted octanol–water partition coefficient (Wildman–Crippen LogP) is 1.19. The van der Waals surface area contributed by atoms with Gasteiger partial charge in [-0.05, 0) is 39.1 Å². The van der Waals surface area contributed by atoms with Crippen molar-refractivity contribution in [2.75, 3.05) is 37.8 Å². The van der Waals surface area contributed by atoms with Crippen LogP contribution in [0.1, 0.15) is 12.8 Å². The minimum Gasteiger partial charge on any atom is -0.382 e. The Morgan fingerprint density at radius 3 is 2.62 bits per heavy atom. The van der Waals surface area contributed by atoms with E-state index in [2.05, 4.69) is 34.9 Å². The Morgan fingerprint density at radius 1 is 1.38 bits per heavy atom. The van der Waals surface area contributed by atoms with Gasteiger partial charge in [-0.15, -0.1) is 0 Å². The molecule has 0 amide bonds. The highest BCUT2D eigenvalue weighted by Gasteiger charge is 2.21. The van der Waals surface area contributed by atoms with Gasteiger partial charge < -0.3 is 15.5 Å². The number of pyridine rings is 1. The standard InChI is InChI=1S/C12H20N4/c1-15(2)10-5-8-16(9-6-10)11-4-3-7-14-12(11)13/h3-4,7,10H,5-6,8-9H2,1-2H3,(H2,13,14). The number of rotatable bonds is 2. The average molecular weight is 220 g/mol. The minimum atomic E-state index is 0.644. The Morgan fingerprint density at radius 2 is 2.06 bits per heavy atom. The summed E-state index contributed by atoms with van der Waals surface area (Å²) in [5.74, 6) is 0.644. The second-order valence-corrected chi connectivity index (χ2v) is 4.59. The molecule has 0 unspecified atom stereocenters. The van der Waals surface area contributed by atoms with Gasteiger partial charge in [0.25, 0.3) is 0 Å². The molecule has 1 aromatic heterocycles. The zero-order valence-electron chi connectivity index (χ0n) is 10.1. The zero-order valence-corrected chi connectivity index (χ0v) is 10.1. The number of aromatic nitrogens is 1. The van der Waals surface area contributed by atoms with Crippen molar-refractivity contribution in [3.05, 3.63) is 18.3 Å². The van der Waals surface area contributed by atoms with Gasteiger partial charge in [-0.2, -0.15) is 0 Å². The highest BCUT2D eigenvalue weighted by Crippen LogP contribution is 2.24. The lowest BCUT2D eigenvalue weighted by Gasteiger charge is -2.36. The van der Waals surface area contributed by atoms with Crippen molar-refractivity contribution in [2.24, 2.45) is 0 Å². The first-order chi connectivity index (χ1) is 7.68. The summed E-state index contributed by atoms with van der Waals surface area (Å²) in [5.41, 5.74) is 6.97. The Bertz CT molecular complexity index is 343. The van der Waals surface area contributed by atoms with Gasteiger partial charge in [0.2, 0.25) is 0 Å². The van der Waals surface area contributed by atoms with E-state index < -0.39 is 0 Å². The SMILES string of the molecule is CN(C)C1CCN(c2cccnc2N)CC1. The van der Waals surface area contributed by atoms with Crippen molar-refractivity contribution in [2.45, 2.75) is 18.9 Å². The van der Waals surface area contributed by atoms with E-state index in [0.717, 1.165) is 18.8 Å². The first-order valence-electron chi connectivity index (χ1n) is 5.80. The van der Waals surface area contributed by atoms with Crippen LogP contribution in [-0.4, -0.2) is 43.1 Å². The lowest BCUT2D eigenvalue weighted by atomic mass is 10.0. The van der Waals surface area contributed by atoms with E-state index in [1.807, 2.05) is 6.07 Å². The molecular weight excluding hydrogens is 200 g/mol. The zero-order chi connectivity index (χ0) is 11.5. The van der Waals surface area contributed by atoms with Crippen LogP contribution in [-0.2, 0) is 0 Å². The molecule has 0 atom stereocenters. The number of hydrogen-bond acceptors (Lipinski definition) is 4. The van der Waals surface area contributed by atoms with Crippen LogP contribution in [0.15, 0.2) is 18.3 Å². The molecule has 88 valence electrons. The summed E-state index contributed by atoms with van der Waals surface area (Å²) in [4.78, 5) is 8.78. The van der Waals surface area contributed by atoms with Crippen LogP contribution in [0, 0.1) is 0 Å². The van der Waals surface area contributed by atoms with Crippen LogP contribution in [0.4, 0.5) is 11.5 Å². The monoisotopic (exact) mass is 220 g/mol. The molecule has 2 N–H and O–H groups in total. The molecule has 0 aromatic carbocycles. The van der Waals surface area contributed by atoms with Crippen LogP contribution in [0.25, 0.3) is 0 Å². The number of anilines is 2. The van der Waals surface area contributed by atoms with E-state index in [4.69, 9.17) is 5.73 Å². The van der Waals surface area contributed by atoms with Crippen LogP contribution in [0.5, 0.6) is 0 Å². The van der Waals surface area contributed by atoms with Gasteiger partial charge in [0, 0.05) is 25.3 Å². The molecule has 0 radical (unpaired) electrons. The van der Waals surface area contributed by atoms with Crippen molar-refractivity contribution in [1.82, 2.24) is 9.88 Å². The van der Waals surface area contributed by atoms with Gasteiger partial charge in [-0.3, -0.25) is 0 Å². The van der Waals surface area contributed by atoms with Crippen molar-refractivity contribution in [3.63, 3.8) is 0 Å². The Labute approximate surface area is 97.1 Å². The lowest BCUT2D eigenvalue weighted by molar-refractivity contribution is 0.250. The van der Waals surface area contributed by atoms with E-state index in [0.29, 0.717) is 11.9 Å². The average Bonchev–Trinajstić information content (AvgIpc) is 2.30. The maximum Gasteiger partial charge on any atom is 0.146 e. The van der Waals surface area contributed by atoms with Gasteiger partial charge in [0.05, 0.1) is 5.69 Å². The maximum atomic E-state index is 5.88. The molecule has 2 heterocycles. The first kappa shape index (κ1) is 11.2. The van der Waals surface area contributed by atoms with Crippen LogP contribution < -0.4 is 10.6 Å². The smallest absolute Gasteiger partial charge is 0.146 e. The number of nitrogens with two attached hydrogens (primary N) is 1. The van der Waals surface area contributed by atoms with Gasteiger partial charge in [-0.1, -0.05) is 0 Å². The Kier molecular flexibility index (Phi) is 3.29. The molecule has 16 heavy (non-hydrogen) atoms. The summed E-state index contributed by atoms with van der Waals surface area (Å²) in [5, 5.41) is 0. The Balaban J connectivity index is 2.02. The first-order valence-corrected chi connectivity index (χ1v) is 5.80. The third-order valence-corrected chi connectivity index (χ3v) is 3.35. The summed E-state index contributed by atoms with van der Waals surface area (Å²) in [7, 11) is 4.30. The maximum absolute atomic E-state index is 5.88. The van der Waals surface area contributed by atoms with Crippen LogP contribution >= 0.6 is 0 Å². The van der Waals surface area contributed by atoms with Gasteiger partial charge in [-0.25, -0.2) is 4.98 Å². The van der Waals surface area contributed by atoms with Crippen LogP contribution in [0.2, 0.25) is 0 Å².